The van der Waals surface area contributed by atoms with Gasteiger partial charge >= 0.3 is 20.0 Å². The topological polar surface area (TPSA) is 186 Å². The highest BCUT2D eigenvalue weighted by Crippen LogP contribution is 2.53. The van der Waals surface area contributed by atoms with Gasteiger partial charge in [-0.25, -0.2) is 9.59 Å². The van der Waals surface area contributed by atoms with E-state index in [-0.39, 0.29) is 26.1 Å². The molecule has 86 heavy (non-hydrogen) atoms. The van der Waals surface area contributed by atoms with Gasteiger partial charge in [0.25, 0.3) is 27.8 Å². The summed E-state index contributed by atoms with van der Waals surface area (Å²) in [4.78, 5) is 58.3. The van der Waals surface area contributed by atoms with Gasteiger partial charge in [-0.15, -0.1) is 0 Å². The van der Waals surface area contributed by atoms with Crippen molar-refractivity contribution in [2.75, 3.05) is 20.3 Å². The van der Waals surface area contributed by atoms with Crippen LogP contribution >= 0.6 is 8.60 Å². The summed E-state index contributed by atoms with van der Waals surface area (Å²) in [7, 11) is -7.08. The molecule has 0 radical (unpaired) electrons. The average molecular weight is 1220 g/mol. The second-order valence-electron chi connectivity index (χ2n) is 24.3. The van der Waals surface area contributed by atoms with Crippen LogP contribution in [0.1, 0.15) is 101 Å². The Bertz CT molecular complexity index is 3680. The van der Waals surface area contributed by atoms with Gasteiger partial charge in [0, 0.05) is 36.4 Å². The Balaban J connectivity index is 1.09. The first-order chi connectivity index (χ1) is 41.3. The van der Waals surface area contributed by atoms with Crippen LogP contribution < -0.4 is 48.6 Å². The lowest BCUT2D eigenvalue weighted by Gasteiger charge is -2.45. The number of hydrogen-bond donors (Lipinski definition) is 3. The molecule has 2 aromatic heterocycles. The predicted molar refractivity (Wildman–Crippen MR) is 341 cm³/mol. The van der Waals surface area contributed by atoms with Crippen LogP contribution in [0, 0.1) is 13.8 Å². The second-order valence-corrected chi connectivity index (χ2v) is 33.9. The van der Waals surface area contributed by atoms with Crippen molar-refractivity contribution in [3.05, 3.63) is 258 Å². The highest BCUT2D eigenvalue weighted by Gasteiger charge is 2.55. The molecule has 2 aliphatic heterocycles. The van der Waals surface area contributed by atoms with Crippen molar-refractivity contribution < 1.29 is 31.9 Å². The number of likely N-dealkylation sites (N-methyl/N-ethyl adjacent to an activating group) is 1. The lowest BCUT2D eigenvalue weighted by atomic mass is 9.96. The molecule has 450 valence electrons. The molecule has 0 amide bonds. The van der Waals surface area contributed by atoms with E-state index in [0.717, 1.165) is 31.9 Å². The SMILES string of the molecule is CN[C@H](c1ccccc1)[C@@H](OP(OC[C@H]1O[C@@H](n2cc(C)c(=O)[nH]c2=O)C[C@@H]1O[Si](c1ccccc1)(c1ccccc1)C(C)(C)C)O[C@H]1C[C@H](n2cc(C)c(=O)[nH]c2=O)O[C@@H]1CO[Si](c1ccccc1)(c1ccccc1)C(C)(C)C)c1ccccc1. The molecule has 16 nitrogen and oxygen atoms in total. The van der Waals surface area contributed by atoms with Crippen LogP contribution in [0.3, 0.4) is 0 Å². The summed E-state index contributed by atoms with van der Waals surface area (Å²) in [5.41, 5.74) is 0.249. The lowest BCUT2D eigenvalue weighted by Crippen LogP contribution is -2.68. The maximum atomic E-state index is 13.8. The molecule has 19 heteroatoms. The van der Waals surface area contributed by atoms with E-state index in [1.807, 2.05) is 141 Å². The summed E-state index contributed by atoms with van der Waals surface area (Å²) < 4.78 is 54.3. The molecule has 9 atom stereocenters. The fraction of sp³-hybridized carbons (Fsp3) is 0.343. The number of aryl methyl sites for hydroxylation is 2. The number of hydrogen-bond acceptors (Lipinski definition) is 12. The molecule has 0 spiro atoms. The fourth-order valence-electron chi connectivity index (χ4n) is 12.3. The van der Waals surface area contributed by atoms with Crippen LogP contribution in [-0.2, 0) is 31.9 Å². The van der Waals surface area contributed by atoms with Crippen LogP contribution in [0.5, 0.6) is 0 Å². The zero-order valence-electron chi connectivity index (χ0n) is 50.3. The van der Waals surface area contributed by atoms with E-state index < -0.39 is 107 Å². The standard InChI is InChI=1S/C67H78N5O11PSi2/c1-46-42-71(64(75)69-62(46)73)58-40-54(57(80-58)45-78-85(66(3,4)5,50-32-20-12-21-33-50)51-34-22-13-23-35-51)81-84(82-61(49-30-18-11-19-31-49)60(68-9)48-28-16-10-17-29-48)77-44-56-55(41-59(79-56)72-43-47(2)63(74)70-65(72)76)83-86(67(6,7)8,52-36-24-14-25-37-52)53-38-26-15-27-39-53/h10-39,42-43,54-61,68H,40-41,44-45H2,1-9H3,(H,69,73,75)(H,70,74,76)/t54-,55-,56+,57+,58+,59+,60+,61-,84?/m0/s1. The Hall–Kier alpha value is -6.78. The Morgan fingerprint density at radius 3 is 1.35 bits per heavy atom. The first-order valence-corrected chi connectivity index (χ1v) is 34.2. The van der Waals surface area contributed by atoms with Crippen molar-refractivity contribution in [3.8, 4) is 0 Å². The normalized spacial score (nSPS) is 20.4. The molecule has 0 saturated carbocycles. The number of nitrogens with one attached hydrogen (secondary N) is 3. The molecule has 3 N–H and O–H groups in total. The van der Waals surface area contributed by atoms with Crippen LogP contribution in [0.4, 0.5) is 0 Å². The van der Waals surface area contributed by atoms with Crippen molar-refractivity contribution in [3.63, 3.8) is 0 Å². The largest absolute Gasteiger partial charge is 0.405 e. The summed E-state index contributed by atoms with van der Waals surface area (Å²) in [6.45, 7) is 16.4. The molecule has 8 aromatic rings. The summed E-state index contributed by atoms with van der Waals surface area (Å²) in [5.74, 6) is 0. The predicted octanol–water partition coefficient (Wildman–Crippen LogP) is 9.15. The Morgan fingerprint density at radius 2 is 0.930 bits per heavy atom. The maximum absolute atomic E-state index is 13.8. The van der Waals surface area contributed by atoms with E-state index in [1.165, 1.54) is 21.5 Å². The zero-order valence-corrected chi connectivity index (χ0v) is 53.1. The number of rotatable bonds is 22. The van der Waals surface area contributed by atoms with Crippen molar-refractivity contribution in [1.82, 2.24) is 24.4 Å². The smallest absolute Gasteiger partial charge is 0.333 e. The van der Waals surface area contributed by atoms with Gasteiger partial charge in [-0.2, -0.15) is 0 Å². The summed E-state index contributed by atoms with van der Waals surface area (Å²) in [6, 6.07) is 60.8. The van der Waals surface area contributed by atoms with Gasteiger partial charge in [0.15, 0.2) is 0 Å². The Morgan fingerprint density at radius 1 is 0.547 bits per heavy atom. The van der Waals surface area contributed by atoms with E-state index in [2.05, 4.69) is 105 Å². The van der Waals surface area contributed by atoms with Gasteiger partial charge < -0.3 is 37.2 Å². The molecule has 0 aliphatic carbocycles. The number of ether oxygens (including phenoxy) is 2. The maximum Gasteiger partial charge on any atom is 0.333 e. The molecular weight excluding hydrogens is 1140 g/mol. The van der Waals surface area contributed by atoms with E-state index in [1.54, 1.807) is 13.8 Å². The molecule has 4 heterocycles. The van der Waals surface area contributed by atoms with Gasteiger partial charge in [0.2, 0.25) is 0 Å². The number of aromatic amines is 2. The monoisotopic (exact) mass is 1220 g/mol. The van der Waals surface area contributed by atoms with Crippen LogP contribution in [0.25, 0.3) is 0 Å². The lowest BCUT2D eigenvalue weighted by molar-refractivity contribution is -0.0543. The molecule has 2 aliphatic rings. The van der Waals surface area contributed by atoms with Gasteiger partial charge in [-0.3, -0.25) is 28.7 Å². The summed E-state index contributed by atoms with van der Waals surface area (Å²) >= 11 is 0. The Labute approximate surface area is 505 Å². The molecule has 1 unspecified atom stereocenters. The second kappa shape index (κ2) is 26.7. The number of H-pyrrole nitrogens is 2. The molecule has 2 fully saturated rings. The molecule has 10 rings (SSSR count). The first-order valence-electron chi connectivity index (χ1n) is 29.3. The van der Waals surface area contributed by atoms with E-state index in [9.17, 15) is 19.2 Å². The molecular formula is C67H78N5O11PSi2. The number of aromatic nitrogens is 4. The van der Waals surface area contributed by atoms with Crippen LogP contribution in [0.15, 0.2) is 214 Å². The summed E-state index contributed by atoms with van der Waals surface area (Å²) in [6.07, 6.45) is -2.30. The van der Waals surface area contributed by atoms with E-state index >= 15 is 0 Å². The average Bonchev–Trinajstić information content (AvgIpc) is 3.79. The molecule has 0 bridgehead atoms. The van der Waals surface area contributed by atoms with Gasteiger partial charge in [0.05, 0.1) is 31.5 Å². The van der Waals surface area contributed by atoms with Gasteiger partial charge in [-0.1, -0.05) is 224 Å². The van der Waals surface area contributed by atoms with Crippen molar-refractivity contribution in [2.24, 2.45) is 0 Å². The Kier molecular flexibility index (Phi) is 19.3. The number of nitrogens with zero attached hydrogens (tertiary/aromatic N) is 2. The van der Waals surface area contributed by atoms with Crippen molar-refractivity contribution >= 4 is 46.0 Å². The quantitative estimate of drug-likeness (QED) is 0.0432. The van der Waals surface area contributed by atoms with Crippen molar-refractivity contribution in [1.29, 1.82) is 0 Å². The highest BCUT2D eigenvalue weighted by molar-refractivity contribution is 7.41. The molecule has 6 aromatic carbocycles. The third-order valence-electron chi connectivity index (χ3n) is 16.6. The highest BCUT2D eigenvalue weighted by atomic mass is 31.2. The fourth-order valence-corrected chi connectivity index (χ4v) is 22.9. The minimum absolute atomic E-state index is 0.0368. The summed E-state index contributed by atoms with van der Waals surface area (Å²) in [5, 5.41) is 6.94. The third kappa shape index (κ3) is 13.1. The van der Waals surface area contributed by atoms with Crippen LogP contribution in [0.2, 0.25) is 10.1 Å². The third-order valence-corrected chi connectivity index (χ3v) is 27.8. The zero-order chi connectivity index (χ0) is 60.8. The first kappa shape index (κ1) is 62.3. The van der Waals surface area contributed by atoms with E-state index in [4.69, 9.17) is 31.9 Å². The molecule has 2 saturated heterocycles. The van der Waals surface area contributed by atoms with Gasteiger partial charge in [-0.05, 0) is 62.8 Å². The number of benzene rings is 6. The van der Waals surface area contributed by atoms with Crippen LogP contribution in [-0.4, -0.2) is 80.4 Å². The minimum atomic E-state index is -3.31. The minimum Gasteiger partial charge on any atom is -0.405 e. The van der Waals surface area contributed by atoms with E-state index in [0.29, 0.717) is 11.1 Å². The van der Waals surface area contributed by atoms with Gasteiger partial charge in [0.1, 0.15) is 30.8 Å². The van der Waals surface area contributed by atoms with Crippen molar-refractivity contribution in [2.45, 2.75) is 127 Å².